The molecule has 0 amide bonds. The molecule has 0 aliphatic carbocycles. The predicted molar refractivity (Wildman–Crippen MR) is 69.5 cm³/mol. The van der Waals surface area contributed by atoms with Gasteiger partial charge in [-0.25, -0.2) is 0 Å². The molecule has 1 aliphatic rings. The zero-order valence-electron chi connectivity index (χ0n) is 11.0. The summed E-state index contributed by atoms with van der Waals surface area (Å²) in [6.07, 6.45) is 1.08. The van der Waals surface area contributed by atoms with E-state index in [1.165, 1.54) is 0 Å². The quantitative estimate of drug-likeness (QED) is 0.889. The lowest BCUT2D eigenvalue weighted by Gasteiger charge is -2.36. The van der Waals surface area contributed by atoms with Gasteiger partial charge >= 0.3 is 0 Å². The number of nitrogens with two attached hydrogens (primary N) is 1. The molecule has 100 valence electrons. The first-order chi connectivity index (χ1) is 8.66. The van der Waals surface area contributed by atoms with Gasteiger partial charge in [0.15, 0.2) is 0 Å². The van der Waals surface area contributed by atoms with E-state index in [0.717, 1.165) is 17.7 Å². The Hall–Kier alpha value is -1.10. The first-order valence-electron chi connectivity index (χ1n) is 6.41. The summed E-state index contributed by atoms with van der Waals surface area (Å²) in [5.41, 5.74) is 6.75. The molecule has 4 nitrogen and oxygen atoms in total. The van der Waals surface area contributed by atoms with Gasteiger partial charge in [0.25, 0.3) is 0 Å². The molecule has 1 saturated heterocycles. The maximum absolute atomic E-state index is 5.81. The van der Waals surface area contributed by atoms with Gasteiger partial charge in [0.1, 0.15) is 5.75 Å². The van der Waals surface area contributed by atoms with E-state index in [2.05, 4.69) is 0 Å². The molecular formula is C14H21NO3. The lowest BCUT2D eigenvalue weighted by atomic mass is 10.0. The maximum atomic E-state index is 5.81. The summed E-state index contributed by atoms with van der Waals surface area (Å²) >= 11 is 0. The lowest BCUT2D eigenvalue weighted by molar-refractivity contribution is -0.269. The van der Waals surface area contributed by atoms with Crippen molar-refractivity contribution in [2.45, 2.75) is 32.2 Å². The van der Waals surface area contributed by atoms with Gasteiger partial charge < -0.3 is 19.9 Å². The predicted octanol–water partition coefficient (Wildman–Crippen LogP) is 2.02. The number of rotatable bonds is 4. The van der Waals surface area contributed by atoms with Crippen molar-refractivity contribution in [3.8, 4) is 5.75 Å². The van der Waals surface area contributed by atoms with Crippen LogP contribution in [0.3, 0.4) is 0 Å². The van der Waals surface area contributed by atoms with Crippen molar-refractivity contribution in [2.75, 3.05) is 19.8 Å². The van der Waals surface area contributed by atoms with Gasteiger partial charge in [0.2, 0.25) is 5.79 Å². The van der Waals surface area contributed by atoms with Crippen molar-refractivity contribution in [1.29, 1.82) is 0 Å². The zero-order valence-corrected chi connectivity index (χ0v) is 11.0. The fourth-order valence-corrected chi connectivity index (χ4v) is 2.04. The second kappa shape index (κ2) is 5.69. The third-order valence-corrected chi connectivity index (χ3v) is 2.89. The van der Waals surface area contributed by atoms with Gasteiger partial charge in [-0.3, -0.25) is 0 Å². The Bertz CT molecular complexity index is 369. The van der Waals surface area contributed by atoms with Crippen LogP contribution in [0.5, 0.6) is 5.75 Å². The molecule has 1 aliphatic heterocycles. The molecular weight excluding hydrogens is 230 g/mol. The third kappa shape index (κ3) is 2.83. The first-order valence-corrected chi connectivity index (χ1v) is 6.41. The van der Waals surface area contributed by atoms with Crippen LogP contribution < -0.4 is 10.5 Å². The van der Waals surface area contributed by atoms with Crippen LogP contribution in [0.2, 0.25) is 0 Å². The molecule has 0 radical (unpaired) electrons. The molecule has 18 heavy (non-hydrogen) atoms. The van der Waals surface area contributed by atoms with Gasteiger partial charge in [0, 0.05) is 5.56 Å². The fourth-order valence-electron chi connectivity index (χ4n) is 2.04. The van der Waals surface area contributed by atoms with Crippen LogP contribution in [0.15, 0.2) is 24.3 Å². The molecule has 0 saturated carbocycles. The van der Waals surface area contributed by atoms with Gasteiger partial charge in [-0.2, -0.15) is 0 Å². The van der Waals surface area contributed by atoms with Crippen LogP contribution in [-0.2, 0) is 15.3 Å². The Morgan fingerprint density at radius 1 is 1.22 bits per heavy atom. The fraction of sp³-hybridized carbons (Fsp3) is 0.571. The van der Waals surface area contributed by atoms with Crippen LogP contribution in [0, 0.1) is 0 Å². The number of ether oxygens (including phenoxy) is 3. The minimum absolute atomic E-state index is 0.168. The molecule has 0 unspecified atom stereocenters. The lowest BCUT2D eigenvalue weighted by Crippen LogP contribution is -2.44. The van der Waals surface area contributed by atoms with Crippen molar-refractivity contribution in [3.63, 3.8) is 0 Å². The molecule has 1 heterocycles. The number of hydrogen-bond acceptors (Lipinski definition) is 4. The molecule has 1 aromatic carbocycles. The molecule has 4 heteroatoms. The van der Waals surface area contributed by atoms with Crippen LogP contribution in [0.1, 0.15) is 25.8 Å². The van der Waals surface area contributed by atoms with Crippen LogP contribution in [0.4, 0.5) is 0 Å². The second-order valence-electron chi connectivity index (χ2n) is 4.70. The van der Waals surface area contributed by atoms with E-state index >= 15 is 0 Å². The zero-order chi connectivity index (χ0) is 13.0. The van der Waals surface area contributed by atoms with Gasteiger partial charge in [-0.05, 0) is 44.5 Å². The smallest absolute Gasteiger partial charge is 0.207 e. The molecule has 0 spiro atoms. The van der Waals surface area contributed by atoms with Gasteiger partial charge in [-0.15, -0.1) is 0 Å². The van der Waals surface area contributed by atoms with Crippen molar-refractivity contribution in [1.82, 2.24) is 0 Å². The Morgan fingerprint density at radius 2 is 1.83 bits per heavy atom. The van der Waals surface area contributed by atoms with Gasteiger partial charge in [0.05, 0.1) is 25.9 Å². The van der Waals surface area contributed by atoms with E-state index in [4.69, 9.17) is 19.9 Å². The summed E-state index contributed by atoms with van der Waals surface area (Å²) in [6, 6.07) is 7.76. The van der Waals surface area contributed by atoms with E-state index in [1.54, 1.807) is 0 Å². The Balaban J connectivity index is 2.16. The average Bonchev–Trinajstić information content (AvgIpc) is 2.39. The summed E-state index contributed by atoms with van der Waals surface area (Å²) in [5.74, 6) is 0.0611. The minimum Gasteiger partial charge on any atom is -0.491 e. The molecule has 0 atom stereocenters. The van der Waals surface area contributed by atoms with Crippen LogP contribution in [-0.4, -0.2) is 25.9 Å². The summed E-state index contributed by atoms with van der Waals surface area (Å²) in [5, 5.41) is 0. The largest absolute Gasteiger partial charge is 0.491 e. The molecule has 0 bridgehead atoms. The summed E-state index contributed by atoms with van der Waals surface area (Å²) < 4.78 is 17.1. The Morgan fingerprint density at radius 3 is 2.33 bits per heavy atom. The van der Waals surface area contributed by atoms with Gasteiger partial charge in [-0.1, -0.05) is 0 Å². The van der Waals surface area contributed by atoms with E-state index < -0.39 is 5.79 Å². The molecule has 2 N–H and O–H groups in total. The summed E-state index contributed by atoms with van der Waals surface area (Å²) in [6.45, 7) is 5.69. The molecule has 2 rings (SSSR count). The number of benzene rings is 1. The van der Waals surface area contributed by atoms with Crippen molar-refractivity contribution >= 4 is 0 Å². The normalized spacial score (nSPS) is 18.9. The SMILES string of the molecule is CC(C)Oc1ccc(C2(CN)OCCCO2)cc1. The molecule has 0 aromatic heterocycles. The Kier molecular flexibility index (Phi) is 4.22. The van der Waals surface area contributed by atoms with E-state index in [0.29, 0.717) is 19.8 Å². The van der Waals surface area contributed by atoms with Crippen LogP contribution in [0.25, 0.3) is 0 Å². The topological polar surface area (TPSA) is 53.7 Å². The first kappa shape index (κ1) is 13.3. The highest BCUT2D eigenvalue weighted by Crippen LogP contribution is 2.31. The highest BCUT2D eigenvalue weighted by Gasteiger charge is 2.35. The minimum atomic E-state index is -0.783. The Labute approximate surface area is 108 Å². The third-order valence-electron chi connectivity index (χ3n) is 2.89. The van der Waals surface area contributed by atoms with E-state index in [1.807, 2.05) is 38.1 Å². The average molecular weight is 251 g/mol. The second-order valence-corrected chi connectivity index (χ2v) is 4.70. The van der Waals surface area contributed by atoms with Crippen molar-refractivity contribution in [3.05, 3.63) is 29.8 Å². The molecule has 1 fully saturated rings. The monoisotopic (exact) mass is 251 g/mol. The summed E-state index contributed by atoms with van der Waals surface area (Å²) in [4.78, 5) is 0. The number of hydrogen-bond donors (Lipinski definition) is 1. The maximum Gasteiger partial charge on any atom is 0.207 e. The summed E-state index contributed by atoms with van der Waals surface area (Å²) in [7, 11) is 0. The van der Waals surface area contributed by atoms with Crippen molar-refractivity contribution in [2.24, 2.45) is 5.73 Å². The molecule has 1 aromatic rings. The van der Waals surface area contributed by atoms with E-state index in [-0.39, 0.29) is 6.10 Å². The van der Waals surface area contributed by atoms with Crippen LogP contribution >= 0.6 is 0 Å². The van der Waals surface area contributed by atoms with Crippen molar-refractivity contribution < 1.29 is 14.2 Å². The van der Waals surface area contributed by atoms with E-state index in [9.17, 15) is 0 Å². The standard InChI is InChI=1S/C14H21NO3/c1-11(2)18-13-6-4-12(5-7-13)14(10-15)16-8-3-9-17-14/h4-7,11H,3,8-10,15H2,1-2H3. The highest BCUT2D eigenvalue weighted by molar-refractivity contribution is 5.30. The highest BCUT2D eigenvalue weighted by atomic mass is 16.7.